The summed E-state index contributed by atoms with van der Waals surface area (Å²) in [7, 11) is 0. The van der Waals surface area contributed by atoms with Crippen molar-refractivity contribution in [2.75, 3.05) is 5.88 Å². The molecule has 1 N–H and O–H groups in total. The SMILES string of the molecule is CCC(C)(CCCl)NC(=O)C1C(C)(C)C1(C)C. The molecule has 17 heavy (non-hydrogen) atoms. The van der Waals surface area contributed by atoms with Gasteiger partial charge in [0.15, 0.2) is 0 Å². The molecule has 0 radical (unpaired) electrons. The maximum Gasteiger partial charge on any atom is 0.224 e. The normalized spacial score (nSPS) is 25.1. The molecule has 1 amide bonds. The Labute approximate surface area is 110 Å². The molecule has 1 aliphatic rings. The van der Waals surface area contributed by atoms with Crippen LogP contribution in [0.15, 0.2) is 0 Å². The Bertz CT molecular complexity index is 297. The van der Waals surface area contributed by atoms with Gasteiger partial charge in [-0.05, 0) is 30.6 Å². The van der Waals surface area contributed by atoms with E-state index in [0.717, 1.165) is 12.8 Å². The molecule has 3 heteroatoms. The Balaban J connectivity index is 2.69. The van der Waals surface area contributed by atoms with Crippen LogP contribution in [0.2, 0.25) is 0 Å². The van der Waals surface area contributed by atoms with Gasteiger partial charge in [0.2, 0.25) is 5.91 Å². The molecule has 0 spiro atoms. The van der Waals surface area contributed by atoms with Crippen molar-refractivity contribution < 1.29 is 4.79 Å². The van der Waals surface area contributed by atoms with E-state index >= 15 is 0 Å². The molecular weight excluding hydrogens is 234 g/mol. The van der Waals surface area contributed by atoms with Crippen LogP contribution >= 0.6 is 11.6 Å². The zero-order valence-corrected chi connectivity index (χ0v) is 12.7. The van der Waals surface area contributed by atoms with Gasteiger partial charge in [0.05, 0.1) is 0 Å². The summed E-state index contributed by atoms with van der Waals surface area (Å²) in [5, 5.41) is 3.19. The molecule has 0 aromatic carbocycles. The molecular formula is C14H26ClNO. The number of carbonyl (C=O) groups is 1. The van der Waals surface area contributed by atoms with Crippen LogP contribution in [0.5, 0.6) is 0 Å². The minimum absolute atomic E-state index is 0.104. The summed E-state index contributed by atoms with van der Waals surface area (Å²) in [4.78, 5) is 12.3. The fourth-order valence-corrected chi connectivity index (χ4v) is 3.17. The number of nitrogens with one attached hydrogen (secondary N) is 1. The van der Waals surface area contributed by atoms with Gasteiger partial charge in [-0.25, -0.2) is 0 Å². The van der Waals surface area contributed by atoms with Crippen molar-refractivity contribution in [3.8, 4) is 0 Å². The first-order chi connectivity index (χ1) is 7.62. The van der Waals surface area contributed by atoms with E-state index in [-0.39, 0.29) is 28.2 Å². The van der Waals surface area contributed by atoms with Crippen molar-refractivity contribution in [1.29, 1.82) is 0 Å². The van der Waals surface area contributed by atoms with Gasteiger partial charge in [-0.3, -0.25) is 4.79 Å². The molecule has 1 fully saturated rings. The van der Waals surface area contributed by atoms with E-state index in [2.05, 4.69) is 46.9 Å². The van der Waals surface area contributed by atoms with Crippen LogP contribution in [0.1, 0.15) is 54.4 Å². The molecule has 0 aromatic heterocycles. The third-order valence-corrected chi connectivity index (χ3v) is 5.32. The molecule has 1 unspecified atom stereocenters. The average molecular weight is 260 g/mol. The quantitative estimate of drug-likeness (QED) is 0.752. The van der Waals surface area contributed by atoms with Crippen molar-refractivity contribution >= 4 is 17.5 Å². The minimum atomic E-state index is -0.159. The second kappa shape index (κ2) is 4.46. The lowest BCUT2D eigenvalue weighted by Crippen LogP contribution is -2.47. The molecule has 0 heterocycles. The first-order valence-electron chi connectivity index (χ1n) is 6.50. The lowest BCUT2D eigenvalue weighted by Gasteiger charge is -2.29. The van der Waals surface area contributed by atoms with E-state index in [4.69, 9.17) is 11.6 Å². The second-order valence-electron chi connectivity index (χ2n) is 6.72. The zero-order chi connectivity index (χ0) is 13.5. The highest BCUT2D eigenvalue weighted by Crippen LogP contribution is 2.68. The average Bonchev–Trinajstić information content (AvgIpc) is 2.57. The van der Waals surface area contributed by atoms with Crippen molar-refractivity contribution in [1.82, 2.24) is 5.32 Å². The largest absolute Gasteiger partial charge is 0.351 e. The zero-order valence-electron chi connectivity index (χ0n) is 12.0. The van der Waals surface area contributed by atoms with Crippen LogP contribution in [0, 0.1) is 16.7 Å². The number of rotatable bonds is 5. The summed E-state index contributed by atoms with van der Waals surface area (Å²) in [6.45, 7) is 12.8. The van der Waals surface area contributed by atoms with Crippen LogP contribution in [0.25, 0.3) is 0 Å². The number of alkyl halides is 1. The second-order valence-corrected chi connectivity index (χ2v) is 7.10. The summed E-state index contributed by atoms with van der Waals surface area (Å²) in [6.07, 6.45) is 1.74. The van der Waals surface area contributed by atoms with Gasteiger partial charge in [-0.1, -0.05) is 34.6 Å². The topological polar surface area (TPSA) is 29.1 Å². The van der Waals surface area contributed by atoms with Gasteiger partial charge >= 0.3 is 0 Å². The Hall–Kier alpha value is -0.240. The standard InChI is InChI=1S/C14H26ClNO/c1-7-14(6,8-9-15)16-11(17)10-12(2,3)13(10,4)5/h10H,7-9H2,1-6H3,(H,16,17). The van der Waals surface area contributed by atoms with Crippen LogP contribution in [0.3, 0.4) is 0 Å². The van der Waals surface area contributed by atoms with E-state index < -0.39 is 0 Å². The number of carbonyl (C=O) groups excluding carboxylic acids is 1. The fourth-order valence-electron chi connectivity index (χ4n) is 2.76. The molecule has 0 aromatic rings. The lowest BCUT2D eigenvalue weighted by atomic mass is 9.94. The van der Waals surface area contributed by atoms with Crippen LogP contribution in [-0.2, 0) is 4.79 Å². The molecule has 0 aliphatic heterocycles. The van der Waals surface area contributed by atoms with Crippen LogP contribution in [0.4, 0.5) is 0 Å². The maximum absolute atomic E-state index is 12.3. The molecule has 1 aliphatic carbocycles. The van der Waals surface area contributed by atoms with Gasteiger partial charge in [-0.15, -0.1) is 11.6 Å². The van der Waals surface area contributed by atoms with E-state index in [1.165, 1.54) is 0 Å². The Morgan fingerprint density at radius 2 is 1.76 bits per heavy atom. The number of hydrogen-bond donors (Lipinski definition) is 1. The molecule has 0 bridgehead atoms. The van der Waals surface area contributed by atoms with E-state index in [1.54, 1.807) is 0 Å². The van der Waals surface area contributed by atoms with Crippen molar-refractivity contribution in [2.24, 2.45) is 16.7 Å². The van der Waals surface area contributed by atoms with E-state index in [9.17, 15) is 4.79 Å². The summed E-state index contributed by atoms with van der Waals surface area (Å²) >= 11 is 5.80. The van der Waals surface area contributed by atoms with E-state index in [1.807, 2.05) is 0 Å². The highest BCUT2D eigenvalue weighted by molar-refractivity contribution is 6.17. The predicted molar refractivity (Wildman–Crippen MR) is 73.2 cm³/mol. The highest BCUT2D eigenvalue weighted by Gasteiger charge is 2.68. The predicted octanol–water partition coefficient (Wildman–Crippen LogP) is 3.58. The lowest BCUT2D eigenvalue weighted by molar-refractivity contribution is -0.125. The highest BCUT2D eigenvalue weighted by atomic mass is 35.5. The first kappa shape index (κ1) is 14.8. The first-order valence-corrected chi connectivity index (χ1v) is 7.04. The maximum atomic E-state index is 12.3. The van der Waals surface area contributed by atoms with Crippen LogP contribution in [-0.4, -0.2) is 17.3 Å². The van der Waals surface area contributed by atoms with Crippen molar-refractivity contribution in [3.05, 3.63) is 0 Å². The molecule has 1 rings (SSSR count). The smallest absolute Gasteiger partial charge is 0.224 e. The molecule has 1 saturated carbocycles. The molecule has 2 nitrogen and oxygen atoms in total. The molecule has 1 atom stereocenters. The summed E-state index contributed by atoms with van der Waals surface area (Å²) < 4.78 is 0. The van der Waals surface area contributed by atoms with Gasteiger partial charge in [0, 0.05) is 17.3 Å². The Morgan fingerprint density at radius 3 is 2.06 bits per heavy atom. The summed E-state index contributed by atoms with van der Waals surface area (Å²) in [5.41, 5.74) is 0.0486. The summed E-state index contributed by atoms with van der Waals surface area (Å²) in [6, 6.07) is 0. The minimum Gasteiger partial charge on any atom is -0.351 e. The third-order valence-electron chi connectivity index (χ3n) is 5.13. The van der Waals surface area contributed by atoms with Crippen molar-refractivity contribution in [3.63, 3.8) is 0 Å². The molecule has 0 saturated heterocycles. The Morgan fingerprint density at radius 1 is 1.29 bits per heavy atom. The van der Waals surface area contributed by atoms with Gasteiger partial charge in [0.1, 0.15) is 0 Å². The number of amides is 1. The van der Waals surface area contributed by atoms with Gasteiger partial charge in [-0.2, -0.15) is 0 Å². The number of halogens is 1. The van der Waals surface area contributed by atoms with Crippen LogP contribution < -0.4 is 5.32 Å². The van der Waals surface area contributed by atoms with Gasteiger partial charge in [0.25, 0.3) is 0 Å². The fraction of sp³-hybridized carbons (Fsp3) is 0.929. The number of hydrogen-bond acceptors (Lipinski definition) is 1. The van der Waals surface area contributed by atoms with Gasteiger partial charge < -0.3 is 5.32 Å². The monoisotopic (exact) mass is 259 g/mol. The van der Waals surface area contributed by atoms with E-state index in [0.29, 0.717) is 5.88 Å². The Kier molecular flexibility index (Phi) is 3.88. The summed E-state index contributed by atoms with van der Waals surface area (Å²) in [5.74, 6) is 0.896. The van der Waals surface area contributed by atoms with Crippen molar-refractivity contribution in [2.45, 2.75) is 59.9 Å². The molecule has 100 valence electrons. The third kappa shape index (κ3) is 2.47.